The Morgan fingerprint density at radius 1 is 1.10 bits per heavy atom. The Bertz CT molecular complexity index is 978. The quantitative estimate of drug-likeness (QED) is 0.475. The molecule has 2 atom stereocenters. The van der Waals surface area contributed by atoms with Gasteiger partial charge < -0.3 is 20.1 Å². The summed E-state index contributed by atoms with van der Waals surface area (Å²) in [4.78, 5) is 36.3. The molecule has 0 aliphatic rings. The third kappa shape index (κ3) is 7.42. The normalized spacial score (nSPS) is 12.7. The number of ether oxygens (including phenoxy) is 2. The van der Waals surface area contributed by atoms with Crippen LogP contribution in [0, 0.1) is 5.82 Å². The number of benzene rings is 2. The van der Waals surface area contributed by atoms with E-state index in [1.165, 1.54) is 32.1 Å². The van der Waals surface area contributed by atoms with E-state index in [9.17, 15) is 18.8 Å². The zero-order valence-electron chi connectivity index (χ0n) is 17.1. The first kappa shape index (κ1) is 23.9. The van der Waals surface area contributed by atoms with Crippen LogP contribution in [0.2, 0.25) is 5.02 Å². The predicted octanol–water partition coefficient (Wildman–Crippen LogP) is 3.58. The number of amides is 2. The predicted molar refractivity (Wildman–Crippen MR) is 115 cm³/mol. The first-order chi connectivity index (χ1) is 14.7. The summed E-state index contributed by atoms with van der Waals surface area (Å²) in [6.07, 6.45) is 1.71. The molecule has 0 spiro atoms. The molecule has 9 heteroatoms. The molecule has 0 unspecified atom stereocenters. The van der Waals surface area contributed by atoms with Crippen LogP contribution < -0.4 is 15.4 Å². The molecular formula is C22H22ClFN2O5. The van der Waals surface area contributed by atoms with Crippen molar-refractivity contribution in [3.63, 3.8) is 0 Å². The Morgan fingerprint density at radius 3 is 2.39 bits per heavy atom. The van der Waals surface area contributed by atoms with E-state index in [0.29, 0.717) is 5.75 Å². The van der Waals surface area contributed by atoms with Gasteiger partial charge in [-0.3, -0.25) is 9.59 Å². The molecule has 2 N–H and O–H groups in total. The summed E-state index contributed by atoms with van der Waals surface area (Å²) in [5.74, 6) is -1.85. The molecule has 2 rings (SSSR count). The molecule has 0 aliphatic carbocycles. The SMILES string of the molecule is COc1ccc(/C=C/C(=O)N[C@@H](C)C(=O)O[C@H](C)C(=O)Nc2ccc(F)c(Cl)c2)cc1. The van der Waals surface area contributed by atoms with Gasteiger partial charge in [0.25, 0.3) is 5.91 Å². The summed E-state index contributed by atoms with van der Waals surface area (Å²) >= 11 is 5.67. The second kappa shape index (κ2) is 11.1. The average Bonchev–Trinajstić information content (AvgIpc) is 2.75. The molecule has 0 heterocycles. The van der Waals surface area contributed by atoms with Gasteiger partial charge in [-0.25, -0.2) is 9.18 Å². The number of esters is 1. The number of hydrogen-bond donors (Lipinski definition) is 2. The van der Waals surface area contributed by atoms with E-state index in [-0.39, 0.29) is 10.7 Å². The molecule has 0 aliphatic heterocycles. The molecule has 0 aromatic heterocycles. The van der Waals surface area contributed by atoms with Crippen LogP contribution in [-0.4, -0.2) is 37.0 Å². The van der Waals surface area contributed by atoms with Crippen LogP contribution in [0.25, 0.3) is 6.08 Å². The summed E-state index contributed by atoms with van der Waals surface area (Å²) in [5.41, 5.74) is 1.03. The first-order valence-electron chi connectivity index (χ1n) is 9.28. The summed E-state index contributed by atoms with van der Waals surface area (Å²) in [6, 6.07) is 9.74. The second-order valence-corrected chi connectivity index (χ2v) is 6.94. The number of rotatable bonds is 8. The fraction of sp³-hybridized carbons (Fsp3) is 0.227. The molecule has 2 aromatic rings. The number of carbonyl (C=O) groups is 3. The Kier molecular flexibility index (Phi) is 8.57. The lowest BCUT2D eigenvalue weighted by Gasteiger charge is -2.17. The molecular weight excluding hydrogens is 427 g/mol. The highest BCUT2D eigenvalue weighted by Crippen LogP contribution is 2.19. The molecule has 0 saturated carbocycles. The van der Waals surface area contributed by atoms with Gasteiger partial charge in [-0.2, -0.15) is 0 Å². The topological polar surface area (TPSA) is 93.7 Å². The summed E-state index contributed by atoms with van der Waals surface area (Å²) < 4.78 is 23.3. The summed E-state index contributed by atoms with van der Waals surface area (Å²) in [7, 11) is 1.56. The van der Waals surface area contributed by atoms with E-state index in [2.05, 4.69) is 10.6 Å². The van der Waals surface area contributed by atoms with Crippen LogP contribution in [0.15, 0.2) is 48.5 Å². The third-order valence-electron chi connectivity index (χ3n) is 4.10. The van der Waals surface area contributed by atoms with Crippen LogP contribution >= 0.6 is 11.6 Å². The van der Waals surface area contributed by atoms with Gasteiger partial charge in [-0.15, -0.1) is 0 Å². The number of carbonyl (C=O) groups excluding carboxylic acids is 3. The Balaban J connectivity index is 1.84. The lowest BCUT2D eigenvalue weighted by atomic mass is 10.2. The molecule has 0 radical (unpaired) electrons. The van der Waals surface area contributed by atoms with Crippen molar-refractivity contribution in [2.45, 2.75) is 26.0 Å². The highest BCUT2D eigenvalue weighted by molar-refractivity contribution is 6.31. The van der Waals surface area contributed by atoms with Crippen molar-refractivity contribution in [1.29, 1.82) is 0 Å². The van der Waals surface area contributed by atoms with Crippen molar-refractivity contribution in [2.24, 2.45) is 0 Å². The van der Waals surface area contributed by atoms with Gasteiger partial charge in [0, 0.05) is 11.8 Å². The van der Waals surface area contributed by atoms with Crippen molar-refractivity contribution < 1.29 is 28.2 Å². The standard InChI is InChI=1S/C22H22ClFN2O5/c1-13(25-20(27)11-6-15-4-8-17(30-3)9-5-15)22(29)31-14(2)21(28)26-16-7-10-19(24)18(23)12-16/h4-14H,1-3H3,(H,25,27)(H,26,28)/b11-6+/t13-,14+/m0/s1. The number of methoxy groups -OCH3 is 1. The monoisotopic (exact) mass is 448 g/mol. The summed E-state index contributed by atoms with van der Waals surface area (Å²) in [5, 5.41) is 4.78. The molecule has 0 saturated heterocycles. The van der Waals surface area contributed by atoms with E-state index in [1.807, 2.05) is 0 Å². The third-order valence-corrected chi connectivity index (χ3v) is 4.39. The van der Waals surface area contributed by atoms with Crippen molar-refractivity contribution in [3.05, 3.63) is 64.9 Å². The van der Waals surface area contributed by atoms with Crippen molar-refractivity contribution in [1.82, 2.24) is 5.32 Å². The van der Waals surface area contributed by atoms with Gasteiger partial charge in [-0.05, 0) is 55.8 Å². The van der Waals surface area contributed by atoms with Crippen molar-refractivity contribution in [3.8, 4) is 5.75 Å². The Morgan fingerprint density at radius 2 is 1.77 bits per heavy atom. The van der Waals surface area contributed by atoms with Crippen molar-refractivity contribution in [2.75, 3.05) is 12.4 Å². The number of anilines is 1. The average molecular weight is 449 g/mol. The van der Waals surface area contributed by atoms with E-state index in [4.69, 9.17) is 21.1 Å². The molecule has 164 valence electrons. The highest BCUT2D eigenvalue weighted by atomic mass is 35.5. The maximum Gasteiger partial charge on any atom is 0.329 e. The Labute approximate surface area is 184 Å². The Hall–Kier alpha value is -3.39. The number of hydrogen-bond acceptors (Lipinski definition) is 5. The van der Waals surface area contributed by atoms with Crippen LogP contribution in [0.4, 0.5) is 10.1 Å². The number of nitrogens with one attached hydrogen (secondary N) is 2. The molecule has 7 nitrogen and oxygen atoms in total. The maximum atomic E-state index is 13.2. The lowest BCUT2D eigenvalue weighted by Crippen LogP contribution is -2.41. The van der Waals surface area contributed by atoms with Crippen molar-refractivity contribution >= 4 is 41.1 Å². The lowest BCUT2D eigenvalue weighted by molar-refractivity contribution is -0.155. The van der Waals surface area contributed by atoms with Crippen LogP contribution in [0.3, 0.4) is 0 Å². The van der Waals surface area contributed by atoms with Gasteiger partial charge in [0.2, 0.25) is 5.91 Å². The van der Waals surface area contributed by atoms with E-state index >= 15 is 0 Å². The summed E-state index contributed by atoms with van der Waals surface area (Å²) in [6.45, 7) is 2.81. The minimum atomic E-state index is -1.15. The van der Waals surface area contributed by atoms with Crippen LogP contribution in [-0.2, 0) is 19.1 Å². The van der Waals surface area contributed by atoms with Crippen LogP contribution in [0.1, 0.15) is 19.4 Å². The molecule has 0 bridgehead atoms. The molecule has 31 heavy (non-hydrogen) atoms. The zero-order chi connectivity index (χ0) is 23.0. The first-order valence-corrected chi connectivity index (χ1v) is 9.66. The van der Waals surface area contributed by atoms with Gasteiger partial charge >= 0.3 is 5.97 Å². The maximum absolute atomic E-state index is 13.2. The highest BCUT2D eigenvalue weighted by Gasteiger charge is 2.23. The van der Waals surface area contributed by atoms with E-state index in [1.54, 1.807) is 37.5 Å². The minimum Gasteiger partial charge on any atom is -0.497 e. The number of halogens is 2. The molecule has 2 aromatic carbocycles. The zero-order valence-corrected chi connectivity index (χ0v) is 17.9. The van der Waals surface area contributed by atoms with Gasteiger partial charge in [0.15, 0.2) is 6.10 Å². The fourth-order valence-electron chi connectivity index (χ4n) is 2.35. The van der Waals surface area contributed by atoms with E-state index < -0.39 is 35.7 Å². The molecule has 2 amide bonds. The van der Waals surface area contributed by atoms with Crippen LogP contribution in [0.5, 0.6) is 5.75 Å². The molecule has 0 fully saturated rings. The van der Waals surface area contributed by atoms with Gasteiger partial charge in [-0.1, -0.05) is 23.7 Å². The fourth-order valence-corrected chi connectivity index (χ4v) is 2.54. The van der Waals surface area contributed by atoms with Gasteiger partial charge in [0.05, 0.1) is 12.1 Å². The smallest absolute Gasteiger partial charge is 0.329 e. The minimum absolute atomic E-state index is 0.151. The second-order valence-electron chi connectivity index (χ2n) is 6.53. The van der Waals surface area contributed by atoms with Gasteiger partial charge in [0.1, 0.15) is 17.6 Å². The largest absolute Gasteiger partial charge is 0.497 e. The van der Waals surface area contributed by atoms with E-state index in [0.717, 1.165) is 11.6 Å².